The Bertz CT molecular complexity index is 881. The van der Waals surface area contributed by atoms with E-state index in [-0.39, 0.29) is 12.3 Å². The van der Waals surface area contributed by atoms with Crippen LogP contribution in [0.2, 0.25) is 0 Å². The Morgan fingerprint density at radius 3 is 2.54 bits per heavy atom. The number of carbonyl (C=O) groups is 1. The highest BCUT2D eigenvalue weighted by Crippen LogP contribution is 2.26. The van der Waals surface area contributed by atoms with E-state index >= 15 is 0 Å². The van der Waals surface area contributed by atoms with Gasteiger partial charge in [0.25, 0.3) is 0 Å². The van der Waals surface area contributed by atoms with Crippen molar-refractivity contribution in [2.24, 2.45) is 0 Å². The van der Waals surface area contributed by atoms with Gasteiger partial charge < -0.3 is 5.32 Å². The summed E-state index contributed by atoms with van der Waals surface area (Å²) in [4.78, 5) is 17.1. The van der Waals surface area contributed by atoms with Gasteiger partial charge in [0.05, 0.1) is 12.1 Å². The number of carbonyl (C=O) groups excluding carboxylic acids is 1. The molecule has 0 unspecified atom stereocenters. The number of amides is 1. The first-order chi connectivity index (χ1) is 12.6. The van der Waals surface area contributed by atoms with E-state index in [9.17, 15) is 4.79 Å². The fourth-order valence-electron chi connectivity index (χ4n) is 2.88. The minimum atomic E-state index is -0.0312. The molecule has 1 aromatic heterocycles. The summed E-state index contributed by atoms with van der Waals surface area (Å²) in [6, 6.07) is 16.4. The summed E-state index contributed by atoms with van der Waals surface area (Å²) in [5, 5.41) is 5.96. The lowest BCUT2D eigenvalue weighted by Crippen LogP contribution is -2.16. The van der Waals surface area contributed by atoms with Crippen molar-refractivity contribution in [1.29, 1.82) is 0 Å². The van der Waals surface area contributed by atoms with Crippen molar-refractivity contribution in [3.63, 3.8) is 0 Å². The number of rotatable bonds is 6. The van der Waals surface area contributed by atoms with Crippen molar-refractivity contribution in [2.45, 2.75) is 39.5 Å². The predicted octanol–water partition coefficient (Wildman–Crippen LogP) is 5.68. The van der Waals surface area contributed by atoms with Crippen LogP contribution in [0.1, 0.15) is 43.5 Å². The first-order valence-electron chi connectivity index (χ1n) is 8.99. The molecule has 3 nitrogen and oxygen atoms in total. The summed E-state index contributed by atoms with van der Waals surface area (Å²) in [6.45, 7) is 6.40. The maximum absolute atomic E-state index is 12.4. The molecule has 0 bridgehead atoms. The van der Waals surface area contributed by atoms with E-state index in [0.717, 1.165) is 33.9 Å². The SMILES string of the molecule is CCc1ccc(-c2nc(CC(=O)Nc3ccccc3C(C)C)cs2)cc1. The zero-order valence-corrected chi connectivity index (χ0v) is 16.3. The van der Waals surface area contributed by atoms with Crippen LogP contribution in [-0.2, 0) is 17.6 Å². The zero-order chi connectivity index (χ0) is 18.5. The molecule has 0 aliphatic carbocycles. The summed E-state index contributed by atoms with van der Waals surface area (Å²) in [5.41, 5.74) is 5.26. The number of aromatic nitrogens is 1. The number of thiazole rings is 1. The molecule has 3 aromatic rings. The van der Waals surface area contributed by atoms with E-state index in [1.54, 1.807) is 11.3 Å². The zero-order valence-electron chi connectivity index (χ0n) is 15.5. The molecule has 1 N–H and O–H groups in total. The summed E-state index contributed by atoms with van der Waals surface area (Å²) < 4.78 is 0. The van der Waals surface area contributed by atoms with Gasteiger partial charge in [-0.1, -0.05) is 63.2 Å². The Morgan fingerprint density at radius 2 is 1.85 bits per heavy atom. The van der Waals surface area contributed by atoms with Crippen molar-refractivity contribution < 1.29 is 4.79 Å². The van der Waals surface area contributed by atoms with Crippen molar-refractivity contribution >= 4 is 22.9 Å². The van der Waals surface area contributed by atoms with Gasteiger partial charge in [0.1, 0.15) is 5.01 Å². The number of nitrogens with zero attached hydrogens (tertiary/aromatic N) is 1. The first-order valence-corrected chi connectivity index (χ1v) is 9.87. The average Bonchev–Trinajstić information content (AvgIpc) is 3.10. The van der Waals surface area contributed by atoms with E-state index in [1.807, 2.05) is 23.6 Å². The minimum absolute atomic E-state index is 0.0312. The van der Waals surface area contributed by atoms with Crippen molar-refractivity contribution in [3.05, 3.63) is 70.7 Å². The number of aryl methyl sites for hydroxylation is 1. The maximum Gasteiger partial charge on any atom is 0.230 e. The number of anilines is 1. The van der Waals surface area contributed by atoms with Gasteiger partial charge in [0.15, 0.2) is 0 Å². The minimum Gasteiger partial charge on any atom is -0.325 e. The Hall–Kier alpha value is -2.46. The van der Waals surface area contributed by atoms with Crippen LogP contribution >= 0.6 is 11.3 Å². The Balaban J connectivity index is 1.68. The molecule has 134 valence electrons. The second kappa shape index (κ2) is 8.28. The Morgan fingerprint density at radius 1 is 1.12 bits per heavy atom. The monoisotopic (exact) mass is 364 g/mol. The summed E-state index contributed by atoms with van der Waals surface area (Å²) in [7, 11) is 0. The van der Waals surface area contributed by atoms with Crippen LogP contribution in [0.5, 0.6) is 0 Å². The van der Waals surface area contributed by atoms with Crippen LogP contribution in [0.3, 0.4) is 0 Å². The van der Waals surface area contributed by atoms with E-state index in [1.165, 1.54) is 5.56 Å². The molecule has 4 heteroatoms. The fraction of sp³-hybridized carbons (Fsp3) is 0.273. The highest BCUT2D eigenvalue weighted by molar-refractivity contribution is 7.13. The predicted molar refractivity (Wildman–Crippen MR) is 110 cm³/mol. The lowest BCUT2D eigenvalue weighted by atomic mass is 10.0. The number of hydrogen-bond acceptors (Lipinski definition) is 3. The topological polar surface area (TPSA) is 42.0 Å². The largest absolute Gasteiger partial charge is 0.325 e. The van der Waals surface area contributed by atoms with Crippen LogP contribution in [0, 0.1) is 0 Å². The number of nitrogens with one attached hydrogen (secondary N) is 1. The van der Waals surface area contributed by atoms with Gasteiger partial charge in [-0.3, -0.25) is 4.79 Å². The fourth-order valence-corrected chi connectivity index (χ4v) is 3.70. The van der Waals surface area contributed by atoms with E-state index in [0.29, 0.717) is 5.92 Å². The molecule has 1 heterocycles. The molecule has 3 rings (SSSR count). The normalized spacial score (nSPS) is 10.9. The molecule has 0 aliphatic heterocycles. The first kappa shape index (κ1) is 18.3. The molecule has 26 heavy (non-hydrogen) atoms. The van der Waals surface area contributed by atoms with E-state index in [2.05, 4.69) is 61.4 Å². The van der Waals surface area contributed by atoms with E-state index < -0.39 is 0 Å². The van der Waals surface area contributed by atoms with Gasteiger partial charge in [-0.05, 0) is 29.5 Å². The van der Waals surface area contributed by atoms with Gasteiger partial charge in [-0.15, -0.1) is 11.3 Å². The number of para-hydroxylation sites is 1. The van der Waals surface area contributed by atoms with E-state index in [4.69, 9.17) is 0 Å². The van der Waals surface area contributed by atoms with Gasteiger partial charge >= 0.3 is 0 Å². The van der Waals surface area contributed by atoms with Crippen LogP contribution in [-0.4, -0.2) is 10.9 Å². The highest BCUT2D eigenvalue weighted by atomic mass is 32.1. The lowest BCUT2D eigenvalue weighted by Gasteiger charge is -2.13. The summed E-state index contributed by atoms with van der Waals surface area (Å²) in [5.74, 6) is 0.333. The molecule has 1 amide bonds. The molecule has 0 aliphatic rings. The van der Waals surface area contributed by atoms with Gasteiger partial charge in [0, 0.05) is 16.6 Å². The number of benzene rings is 2. The van der Waals surface area contributed by atoms with Gasteiger partial charge in [-0.2, -0.15) is 0 Å². The van der Waals surface area contributed by atoms with Crippen molar-refractivity contribution in [2.75, 3.05) is 5.32 Å². The van der Waals surface area contributed by atoms with Crippen LogP contribution in [0.25, 0.3) is 10.6 Å². The van der Waals surface area contributed by atoms with Gasteiger partial charge in [-0.25, -0.2) is 4.98 Å². The number of hydrogen-bond donors (Lipinski definition) is 1. The average molecular weight is 365 g/mol. The Kier molecular flexibility index (Phi) is 5.84. The maximum atomic E-state index is 12.4. The highest BCUT2D eigenvalue weighted by Gasteiger charge is 2.12. The summed E-state index contributed by atoms with van der Waals surface area (Å²) in [6.07, 6.45) is 1.32. The molecular weight excluding hydrogens is 340 g/mol. The van der Waals surface area contributed by atoms with Crippen molar-refractivity contribution in [3.8, 4) is 10.6 Å². The third kappa shape index (κ3) is 4.38. The summed E-state index contributed by atoms with van der Waals surface area (Å²) >= 11 is 1.58. The van der Waals surface area contributed by atoms with Crippen LogP contribution in [0.4, 0.5) is 5.69 Å². The Labute approximate surface area is 159 Å². The molecule has 0 saturated carbocycles. The molecular formula is C22H24N2OS. The smallest absolute Gasteiger partial charge is 0.230 e. The quantitative estimate of drug-likeness (QED) is 0.611. The standard InChI is InChI=1S/C22H24N2OS/c1-4-16-9-11-17(12-10-16)22-23-18(14-26-22)13-21(25)24-20-8-6-5-7-19(20)15(2)3/h5-12,14-15H,4,13H2,1-3H3,(H,24,25). The molecule has 0 radical (unpaired) electrons. The lowest BCUT2D eigenvalue weighted by molar-refractivity contribution is -0.115. The van der Waals surface area contributed by atoms with Gasteiger partial charge in [0.2, 0.25) is 5.91 Å². The second-order valence-electron chi connectivity index (χ2n) is 6.66. The molecule has 0 spiro atoms. The molecule has 0 atom stereocenters. The van der Waals surface area contributed by atoms with Crippen LogP contribution in [0.15, 0.2) is 53.9 Å². The molecule has 0 saturated heterocycles. The van der Waals surface area contributed by atoms with Crippen LogP contribution < -0.4 is 5.32 Å². The third-order valence-corrected chi connectivity index (χ3v) is 5.30. The third-order valence-electron chi connectivity index (χ3n) is 4.36. The van der Waals surface area contributed by atoms with Crippen molar-refractivity contribution in [1.82, 2.24) is 4.98 Å². The molecule has 2 aromatic carbocycles. The second-order valence-corrected chi connectivity index (χ2v) is 7.52. The molecule has 0 fully saturated rings.